The van der Waals surface area contributed by atoms with Gasteiger partial charge in [0.2, 0.25) is 0 Å². The molecule has 5 nitrogen and oxygen atoms in total. The molecule has 0 aliphatic heterocycles. The van der Waals surface area contributed by atoms with Gasteiger partial charge in [0.1, 0.15) is 35.1 Å². The molecule has 3 aromatic carbocycles. The Labute approximate surface area is 204 Å². The lowest BCUT2D eigenvalue weighted by Crippen LogP contribution is -2.39. The van der Waals surface area contributed by atoms with Crippen LogP contribution in [0.3, 0.4) is 0 Å². The number of amides is 1. The minimum absolute atomic E-state index is 0.113. The Morgan fingerprint density at radius 3 is 1.97 bits per heavy atom. The van der Waals surface area contributed by atoms with Crippen molar-refractivity contribution in [1.29, 1.82) is 0 Å². The summed E-state index contributed by atoms with van der Waals surface area (Å²) in [5.74, 6) is -4.55. The summed E-state index contributed by atoms with van der Waals surface area (Å²) in [5.41, 5.74) is -0.686. The lowest BCUT2D eigenvalue weighted by Gasteiger charge is -2.26. The molecule has 0 saturated heterocycles. The van der Waals surface area contributed by atoms with Crippen molar-refractivity contribution < 1.29 is 41.0 Å². The molecule has 0 radical (unpaired) electrons. The SMILES string of the molecule is CC(C)(C)OC(=O)CN(C(=O)c1c(F)cccc1F)c1cccc(-c2ccc(OC(F)(F)F)cc2)c1. The van der Waals surface area contributed by atoms with Crippen LogP contribution in [0.5, 0.6) is 5.75 Å². The summed E-state index contributed by atoms with van der Waals surface area (Å²) in [4.78, 5) is 26.6. The summed E-state index contributed by atoms with van der Waals surface area (Å²) in [6.07, 6.45) is -4.84. The number of carbonyl (C=O) groups is 2. The fraction of sp³-hybridized carbons (Fsp3) is 0.231. The minimum atomic E-state index is -4.84. The Kier molecular flexibility index (Phi) is 7.66. The van der Waals surface area contributed by atoms with Crippen LogP contribution in [-0.4, -0.2) is 30.4 Å². The van der Waals surface area contributed by atoms with Crippen LogP contribution in [0.4, 0.5) is 27.6 Å². The molecule has 0 unspecified atom stereocenters. The number of hydrogen-bond donors (Lipinski definition) is 0. The normalized spacial score (nSPS) is 11.7. The molecular weight excluding hydrogens is 485 g/mol. The maximum Gasteiger partial charge on any atom is 0.573 e. The van der Waals surface area contributed by atoms with Crippen molar-refractivity contribution in [2.75, 3.05) is 11.4 Å². The Balaban J connectivity index is 1.99. The van der Waals surface area contributed by atoms with Crippen LogP contribution in [0.1, 0.15) is 31.1 Å². The number of alkyl halides is 3. The molecule has 0 heterocycles. The molecule has 3 aromatic rings. The van der Waals surface area contributed by atoms with Crippen molar-refractivity contribution in [2.45, 2.75) is 32.7 Å². The van der Waals surface area contributed by atoms with E-state index in [1.807, 2.05) is 0 Å². The molecule has 0 fully saturated rings. The monoisotopic (exact) mass is 507 g/mol. The molecule has 0 aromatic heterocycles. The highest BCUT2D eigenvalue weighted by Gasteiger charge is 2.31. The number of ether oxygens (including phenoxy) is 2. The standard InChI is InChI=1S/C26H22F5NO4/c1-25(2,3)36-22(33)15-32(24(34)23-20(27)8-5-9-21(23)28)18-7-4-6-17(14-18)16-10-12-19(13-11-16)35-26(29,30)31/h4-14H,15H2,1-3H3. The van der Waals surface area contributed by atoms with Crippen molar-refractivity contribution in [3.8, 4) is 16.9 Å². The summed E-state index contributed by atoms with van der Waals surface area (Å²) in [5, 5.41) is 0. The second-order valence-electron chi connectivity index (χ2n) is 8.70. The largest absolute Gasteiger partial charge is 0.573 e. The molecule has 10 heteroatoms. The fourth-order valence-corrected chi connectivity index (χ4v) is 3.32. The molecule has 190 valence electrons. The molecule has 0 saturated carbocycles. The highest BCUT2D eigenvalue weighted by Crippen LogP contribution is 2.30. The number of carbonyl (C=O) groups excluding carboxylic acids is 2. The number of rotatable bonds is 6. The number of nitrogens with zero attached hydrogens (tertiary/aromatic N) is 1. The Hall–Kier alpha value is -3.95. The number of benzene rings is 3. The summed E-state index contributed by atoms with van der Waals surface area (Å²) in [7, 11) is 0. The van der Waals surface area contributed by atoms with Gasteiger partial charge in [-0.15, -0.1) is 13.2 Å². The molecule has 3 rings (SSSR count). The van der Waals surface area contributed by atoms with E-state index in [-0.39, 0.29) is 5.69 Å². The van der Waals surface area contributed by atoms with Gasteiger partial charge < -0.3 is 9.47 Å². The first-order valence-electron chi connectivity index (χ1n) is 10.7. The predicted octanol–water partition coefficient (Wildman–Crippen LogP) is 6.52. The van der Waals surface area contributed by atoms with Crippen LogP contribution in [0, 0.1) is 11.6 Å². The summed E-state index contributed by atoms with van der Waals surface area (Å²) in [6.45, 7) is 4.23. The molecule has 0 atom stereocenters. The fourth-order valence-electron chi connectivity index (χ4n) is 3.32. The molecule has 0 N–H and O–H groups in total. The maximum absolute atomic E-state index is 14.4. The smallest absolute Gasteiger partial charge is 0.459 e. The van der Waals surface area contributed by atoms with Crippen LogP contribution in [0.2, 0.25) is 0 Å². The average molecular weight is 507 g/mol. The van der Waals surface area contributed by atoms with Gasteiger partial charge in [-0.05, 0) is 68.3 Å². The second kappa shape index (κ2) is 10.3. The number of esters is 1. The van der Waals surface area contributed by atoms with Crippen molar-refractivity contribution >= 4 is 17.6 Å². The Morgan fingerprint density at radius 2 is 1.42 bits per heavy atom. The van der Waals surface area contributed by atoms with Crippen LogP contribution >= 0.6 is 0 Å². The number of halogens is 5. The third-order valence-electron chi connectivity index (χ3n) is 4.71. The van der Waals surface area contributed by atoms with E-state index in [1.54, 1.807) is 26.8 Å². The number of anilines is 1. The Morgan fingerprint density at radius 1 is 0.833 bits per heavy atom. The van der Waals surface area contributed by atoms with Crippen molar-refractivity contribution in [2.24, 2.45) is 0 Å². The van der Waals surface area contributed by atoms with Gasteiger partial charge in [-0.25, -0.2) is 8.78 Å². The predicted molar refractivity (Wildman–Crippen MR) is 122 cm³/mol. The third kappa shape index (κ3) is 7.03. The van der Waals surface area contributed by atoms with Crippen molar-refractivity contribution in [3.63, 3.8) is 0 Å². The lowest BCUT2D eigenvalue weighted by atomic mass is 10.0. The lowest BCUT2D eigenvalue weighted by molar-refractivity contribution is -0.274. The van der Waals surface area contributed by atoms with Gasteiger partial charge in [0.25, 0.3) is 5.91 Å². The van der Waals surface area contributed by atoms with Gasteiger partial charge >= 0.3 is 12.3 Å². The van der Waals surface area contributed by atoms with E-state index in [1.165, 1.54) is 30.3 Å². The first-order valence-corrected chi connectivity index (χ1v) is 10.7. The highest BCUT2D eigenvalue weighted by atomic mass is 19.4. The van der Waals surface area contributed by atoms with Gasteiger partial charge in [-0.2, -0.15) is 0 Å². The highest BCUT2D eigenvalue weighted by molar-refractivity contribution is 6.09. The van der Waals surface area contributed by atoms with Crippen molar-refractivity contribution in [1.82, 2.24) is 0 Å². The molecular formula is C26H22F5NO4. The van der Waals surface area contributed by atoms with Gasteiger partial charge in [0.15, 0.2) is 0 Å². The molecule has 0 aliphatic carbocycles. The molecule has 1 amide bonds. The molecule has 0 aliphatic rings. The van der Waals surface area contributed by atoms with Crippen LogP contribution in [0.15, 0.2) is 66.7 Å². The van der Waals surface area contributed by atoms with Crippen LogP contribution in [0.25, 0.3) is 11.1 Å². The van der Waals surface area contributed by atoms with E-state index in [0.29, 0.717) is 11.1 Å². The Bertz CT molecular complexity index is 1230. The van der Waals surface area contributed by atoms with Gasteiger partial charge in [-0.1, -0.05) is 30.3 Å². The van der Waals surface area contributed by atoms with Crippen LogP contribution < -0.4 is 9.64 Å². The quantitative estimate of drug-likeness (QED) is 0.282. The van der Waals surface area contributed by atoms with E-state index in [0.717, 1.165) is 35.2 Å². The van der Waals surface area contributed by atoms with Gasteiger partial charge in [0.05, 0.1) is 0 Å². The third-order valence-corrected chi connectivity index (χ3v) is 4.71. The summed E-state index contributed by atoms with van der Waals surface area (Å²) in [6, 6.07) is 14.0. The maximum atomic E-state index is 14.4. The number of hydrogen-bond acceptors (Lipinski definition) is 4. The van der Waals surface area contributed by atoms with E-state index < -0.39 is 53.3 Å². The molecule has 0 spiro atoms. The van der Waals surface area contributed by atoms with E-state index in [9.17, 15) is 31.5 Å². The zero-order chi connectivity index (χ0) is 26.7. The molecule has 0 bridgehead atoms. The second-order valence-corrected chi connectivity index (χ2v) is 8.70. The topological polar surface area (TPSA) is 55.8 Å². The molecule has 36 heavy (non-hydrogen) atoms. The van der Waals surface area contributed by atoms with E-state index in [2.05, 4.69) is 4.74 Å². The minimum Gasteiger partial charge on any atom is -0.459 e. The first-order chi connectivity index (χ1) is 16.7. The van der Waals surface area contributed by atoms with Gasteiger partial charge in [0, 0.05) is 5.69 Å². The zero-order valence-corrected chi connectivity index (χ0v) is 19.5. The van der Waals surface area contributed by atoms with E-state index in [4.69, 9.17) is 4.74 Å². The zero-order valence-electron chi connectivity index (χ0n) is 19.5. The van der Waals surface area contributed by atoms with Crippen molar-refractivity contribution in [3.05, 3.63) is 83.9 Å². The van der Waals surface area contributed by atoms with Gasteiger partial charge in [-0.3, -0.25) is 14.5 Å². The van der Waals surface area contributed by atoms with Crippen LogP contribution in [-0.2, 0) is 9.53 Å². The summed E-state index contributed by atoms with van der Waals surface area (Å²) < 4.78 is 75.2. The average Bonchev–Trinajstić information content (AvgIpc) is 2.75. The summed E-state index contributed by atoms with van der Waals surface area (Å²) >= 11 is 0. The first kappa shape index (κ1) is 26.7. The van der Waals surface area contributed by atoms with E-state index >= 15 is 0 Å².